The number of rotatable bonds is 8. The molecule has 1 unspecified atom stereocenters. The van der Waals surface area contributed by atoms with E-state index in [2.05, 4.69) is 68.8 Å². The molecule has 1 saturated heterocycles. The number of aliphatic hydroxyl groups excluding tert-OH is 1. The Balaban J connectivity index is 1.32. The third kappa shape index (κ3) is 6.27. The number of thiophene rings is 1. The van der Waals surface area contributed by atoms with Crippen molar-refractivity contribution in [1.82, 2.24) is 4.90 Å². The molecule has 3 heterocycles. The fourth-order valence-corrected chi connectivity index (χ4v) is 6.55. The summed E-state index contributed by atoms with van der Waals surface area (Å²) < 4.78 is 6.08. The molecule has 0 radical (unpaired) electrons. The fourth-order valence-electron chi connectivity index (χ4n) is 5.31. The zero-order chi connectivity index (χ0) is 25.1. The number of hydrogen-bond donors (Lipinski definition) is 2. The van der Waals surface area contributed by atoms with E-state index in [1.165, 1.54) is 26.5 Å². The first kappa shape index (κ1) is 25.7. The average molecular weight is 493 g/mol. The minimum atomic E-state index is -0.517. The fraction of sp³-hybridized carbons (Fsp3) is 0.467. The van der Waals surface area contributed by atoms with E-state index in [9.17, 15) is 5.11 Å². The third-order valence-electron chi connectivity index (χ3n) is 7.13. The lowest BCUT2D eigenvalue weighted by Crippen LogP contribution is -2.45. The van der Waals surface area contributed by atoms with Gasteiger partial charge in [-0.3, -0.25) is 4.90 Å². The van der Waals surface area contributed by atoms with Crippen molar-refractivity contribution in [3.05, 3.63) is 68.9 Å². The SMILES string of the molecule is C=C(C)/C=C(/C)c1cc([C@H]2CCN(CC(O)COc3cccc4c3C=C(C)CN4)[C@@H](C)C2)sc1C. The Morgan fingerprint density at radius 1 is 1.34 bits per heavy atom. The summed E-state index contributed by atoms with van der Waals surface area (Å²) in [4.78, 5) is 5.30. The number of β-amino-alcohol motifs (C(OH)–C–C–N with tert-alkyl or cyclic N) is 1. The third-order valence-corrected chi connectivity index (χ3v) is 8.34. The maximum atomic E-state index is 10.8. The molecule has 0 amide bonds. The summed E-state index contributed by atoms with van der Waals surface area (Å²) >= 11 is 1.94. The molecular weight excluding hydrogens is 452 g/mol. The van der Waals surface area contributed by atoms with Gasteiger partial charge in [0.05, 0.1) is 0 Å². The summed E-state index contributed by atoms with van der Waals surface area (Å²) in [5, 5.41) is 14.2. The van der Waals surface area contributed by atoms with Crippen molar-refractivity contribution < 1.29 is 9.84 Å². The highest BCUT2D eigenvalue weighted by molar-refractivity contribution is 7.12. The van der Waals surface area contributed by atoms with Gasteiger partial charge in [-0.05, 0) is 95.3 Å². The maximum absolute atomic E-state index is 10.8. The van der Waals surface area contributed by atoms with E-state index in [1.54, 1.807) is 0 Å². The van der Waals surface area contributed by atoms with Crippen molar-refractivity contribution in [2.75, 3.05) is 31.6 Å². The van der Waals surface area contributed by atoms with Crippen LogP contribution >= 0.6 is 11.3 Å². The van der Waals surface area contributed by atoms with E-state index in [4.69, 9.17) is 4.74 Å². The number of benzene rings is 1. The van der Waals surface area contributed by atoms with Crippen molar-refractivity contribution in [2.45, 2.75) is 65.5 Å². The Labute approximate surface area is 215 Å². The Bertz CT molecular complexity index is 1130. The smallest absolute Gasteiger partial charge is 0.128 e. The largest absolute Gasteiger partial charge is 0.490 e. The Kier molecular flexibility index (Phi) is 8.20. The molecule has 5 heteroatoms. The van der Waals surface area contributed by atoms with E-state index in [0.29, 0.717) is 25.1 Å². The van der Waals surface area contributed by atoms with Crippen LogP contribution in [0.4, 0.5) is 5.69 Å². The zero-order valence-electron chi connectivity index (χ0n) is 21.9. The summed E-state index contributed by atoms with van der Waals surface area (Å²) in [6.07, 6.45) is 6.08. The molecule has 3 atom stereocenters. The summed E-state index contributed by atoms with van der Waals surface area (Å²) in [6, 6.07) is 8.89. The Morgan fingerprint density at radius 2 is 2.14 bits per heavy atom. The lowest BCUT2D eigenvalue weighted by atomic mass is 9.89. The first-order valence-electron chi connectivity index (χ1n) is 12.7. The van der Waals surface area contributed by atoms with Crippen molar-refractivity contribution in [3.8, 4) is 5.75 Å². The first-order chi connectivity index (χ1) is 16.7. The molecule has 2 N–H and O–H groups in total. The van der Waals surface area contributed by atoms with Crippen LogP contribution in [0.15, 0.2) is 48.1 Å². The molecule has 2 aliphatic heterocycles. The van der Waals surface area contributed by atoms with E-state index >= 15 is 0 Å². The number of nitrogens with one attached hydrogen (secondary N) is 1. The number of aryl methyl sites for hydroxylation is 1. The van der Waals surface area contributed by atoms with Crippen LogP contribution < -0.4 is 10.1 Å². The normalized spacial score (nSPS) is 21.7. The van der Waals surface area contributed by atoms with Crippen molar-refractivity contribution in [2.24, 2.45) is 0 Å². The average Bonchev–Trinajstić information content (AvgIpc) is 3.20. The predicted octanol–water partition coefficient (Wildman–Crippen LogP) is 6.87. The number of piperidine rings is 1. The maximum Gasteiger partial charge on any atom is 0.128 e. The minimum Gasteiger partial charge on any atom is -0.490 e. The molecule has 2 aromatic rings. The molecule has 2 aliphatic rings. The van der Waals surface area contributed by atoms with Gasteiger partial charge >= 0.3 is 0 Å². The van der Waals surface area contributed by atoms with Gasteiger partial charge in [-0.25, -0.2) is 0 Å². The van der Waals surface area contributed by atoms with Crippen LogP contribution in [-0.4, -0.2) is 48.4 Å². The lowest BCUT2D eigenvalue weighted by molar-refractivity contribution is 0.0404. The Hall–Kier alpha value is -2.34. The Morgan fingerprint density at radius 3 is 2.89 bits per heavy atom. The van der Waals surface area contributed by atoms with Crippen LogP contribution in [0.2, 0.25) is 0 Å². The van der Waals surface area contributed by atoms with E-state index < -0.39 is 6.10 Å². The highest BCUT2D eigenvalue weighted by atomic mass is 32.1. The van der Waals surface area contributed by atoms with Crippen molar-refractivity contribution >= 4 is 28.7 Å². The first-order valence-corrected chi connectivity index (χ1v) is 13.6. The summed E-state index contributed by atoms with van der Waals surface area (Å²) in [5.41, 5.74) is 7.20. The summed E-state index contributed by atoms with van der Waals surface area (Å²) in [5.74, 6) is 1.42. The molecule has 4 rings (SSSR count). The second kappa shape index (κ2) is 11.2. The molecule has 0 saturated carbocycles. The minimum absolute atomic E-state index is 0.303. The summed E-state index contributed by atoms with van der Waals surface area (Å²) in [7, 11) is 0. The molecule has 188 valence electrons. The van der Waals surface area contributed by atoms with Gasteiger partial charge < -0.3 is 15.2 Å². The molecular formula is C30H40N2O2S. The molecule has 1 aromatic heterocycles. The number of ether oxygens (including phenoxy) is 1. The van der Waals surface area contributed by atoms with E-state index in [0.717, 1.165) is 48.5 Å². The quantitative estimate of drug-likeness (QED) is 0.395. The van der Waals surface area contributed by atoms with Gasteiger partial charge in [0.15, 0.2) is 0 Å². The van der Waals surface area contributed by atoms with Gasteiger partial charge in [-0.1, -0.05) is 29.9 Å². The molecule has 0 bridgehead atoms. The standard InChI is InChI=1S/C30H40N2O2S/c1-19(2)12-21(4)26-15-30(35-23(26)6)24-10-11-32(22(5)14-24)17-25(33)18-34-29-9-7-8-28-27(29)13-20(3)16-31-28/h7-9,12-13,15,22,24-25,31,33H,1,10-11,14,16-18H2,2-6H3/b21-12-/t22-,24-,25?/m0/s1. The van der Waals surface area contributed by atoms with Crippen molar-refractivity contribution in [1.29, 1.82) is 0 Å². The number of allylic oxidation sites excluding steroid dienone is 3. The second-order valence-electron chi connectivity index (χ2n) is 10.4. The number of likely N-dealkylation sites (tertiary alicyclic amines) is 1. The van der Waals surface area contributed by atoms with Crippen LogP contribution in [0.3, 0.4) is 0 Å². The summed E-state index contributed by atoms with van der Waals surface area (Å²) in [6.45, 7) is 17.7. The second-order valence-corrected chi connectivity index (χ2v) is 11.7. The molecule has 0 spiro atoms. The van der Waals surface area contributed by atoms with Crippen LogP contribution in [-0.2, 0) is 0 Å². The van der Waals surface area contributed by atoms with Gasteiger partial charge in [-0.2, -0.15) is 0 Å². The van der Waals surface area contributed by atoms with Gasteiger partial charge in [0.2, 0.25) is 0 Å². The number of hydrogen-bond acceptors (Lipinski definition) is 5. The molecule has 0 aliphatic carbocycles. The van der Waals surface area contributed by atoms with Gasteiger partial charge in [-0.15, -0.1) is 11.3 Å². The topological polar surface area (TPSA) is 44.7 Å². The van der Waals surface area contributed by atoms with Crippen LogP contribution in [0.25, 0.3) is 11.6 Å². The molecule has 35 heavy (non-hydrogen) atoms. The highest BCUT2D eigenvalue weighted by Crippen LogP contribution is 2.39. The predicted molar refractivity (Wildman–Crippen MR) is 151 cm³/mol. The van der Waals surface area contributed by atoms with Crippen molar-refractivity contribution in [3.63, 3.8) is 0 Å². The van der Waals surface area contributed by atoms with E-state index in [-0.39, 0.29) is 0 Å². The highest BCUT2D eigenvalue weighted by Gasteiger charge is 2.29. The number of fused-ring (bicyclic) bond motifs is 1. The zero-order valence-corrected chi connectivity index (χ0v) is 22.7. The lowest BCUT2D eigenvalue weighted by Gasteiger charge is -2.38. The monoisotopic (exact) mass is 492 g/mol. The van der Waals surface area contributed by atoms with Crippen LogP contribution in [0, 0.1) is 6.92 Å². The van der Waals surface area contributed by atoms with Crippen LogP contribution in [0.5, 0.6) is 5.75 Å². The molecule has 1 aromatic carbocycles. The molecule has 1 fully saturated rings. The van der Waals surface area contributed by atoms with Gasteiger partial charge in [0, 0.05) is 40.1 Å². The number of anilines is 1. The number of nitrogens with zero attached hydrogens (tertiary/aromatic N) is 1. The molecule has 4 nitrogen and oxygen atoms in total. The van der Waals surface area contributed by atoms with Gasteiger partial charge in [0.25, 0.3) is 0 Å². The van der Waals surface area contributed by atoms with Crippen LogP contribution in [0.1, 0.15) is 67.3 Å². The van der Waals surface area contributed by atoms with Gasteiger partial charge in [0.1, 0.15) is 18.5 Å². The number of aliphatic hydroxyl groups is 1. The van der Waals surface area contributed by atoms with E-state index in [1.807, 2.05) is 30.4 Å².